The number of amides is 1. The van der Waals surface area contributed by atoms with E-state index < -0.39 is 33.6 Å². The summed E-state index contributed by atoms with van der Waals surface area (Å²) in [6.07, 6.45) is 0. The van der Waals surface area contributed by atoms with E-state index in [9.17, 15) is 18.0 Å². The van der Waals surface area contributed by atoms with E-state index in [2.05, 4.69) is 5.32 Å². The molecule has 0 fully saturated rings. The molecule has 0 spiro atoms. The number of benzene rings is 2. The molecule has 0 bridgehead atoms. The Labute approximate surface area is 181 Å². The van der Waals surface area contributed by atoms with Gasteiger partial charge in [0.05, 0.1) is 5.69 Å². The lowest BCUT2D eigenvalue weighted by molar-refractivity contribution is -0.119. The summed E-state index contributed by atoms with van der Waals surface area (Å²) in [6.45, 7) is -0.593. The monoisotopic (exact) mass is 466 g/mol. The summed E-state index contributed by atoms with van der Waals surface area (Å²) in [7, 11) is -4.08. The molecule has 0 saturated carbocycles. The van der Waals surface area contributed by atoms with Gasteiger partial charge >= 0.3 is 5.97 Å². The number of furan rings is 1. The van der Waals surface area contributed by atoms with E-state index in [-0.39, 0.29) is 5.76 Å². The van der Waals surface area contributed by atoms with Crippen molar-refractivity contribution in [2.75, 3.05) is 11.9 Å². The van der Waals surface area contributed by atoms with Crippen LogP contribution in [0.15, 0.2) is 80.0 Å². The van der Waals surface area contributed by atoms with Gasteiger partial charge < -0.3 is 14.5 Å². The second kappa shape index (κ2) is 9.35. The number of carbonyl (C=O) groups is 2. The summed E-state index contributed by atoms with van der Waals surface area (Å²) >= 11 is 7.32. The van der Waals surface area contributed by atoms with Crippen molar-refractivity contribution in [2.24, 2.45) is 5.14 Å². The third-order valence-corrected chi connectivity index (χ3v) is 5.72. The lowest BCUT2D eigenvalue weighted by Crippen LogP contribution is -2.21. The number of primary sulfonamides is 1. The highest BCUT2D eigenvalue weighted by atomic mass is 35.5. The number of hydrogen-bond donors (Lipinski definition) is 2. The van der Waals surface area contributed by atoms with Crippen LogP contribution in [0, 0.1) is 0 Å². The van der Waals surface area contributed by atoms with Crippen LogP contribution in [-0.2, 0) is 19.6 Å². The molecule has 3 aromatic rings. The van der Waals surface area contributed by atoms with E-state index in [0.717, 1.165) is 21.9 Å². The van der Waals surface area contributed by atoms with Crippen LogP contribution in [0.25, 0.3) is 0 Å². The van der Waals surface area contributed by atoms with Crippen molar-refractivity contribution in [3.63, 3.8) is 0 Å². The highest BCUT2D eigenvalue weighted by Gasteiger charge is 2.19. The van der Waals surface area contributed by atoms with E-state index in [0.29, 0.717) is 10.7 Å². The number of para-hydroxylation sites is 1. The second-order valence-corrected chi connectivity index (χ2v) is 8.88. The summed E-state index contributed by atoms with van der Waals surface area (Å²) in [5, 5.41) is 7.62. The van der Waals surface area contributed by atoms with Crippen LogP contribution in [0.1, 0.15) is 10.6 Å². The molecule has 1 aromatic heterocycles. The van der Waals surface area contributed by atoms with Crippen molar-refractivity contribution in [1.29, 1.82) is 0 Å². The van der Waals surface area contributed by atoms with Crippen molar-refractivity contribution < 1.29 is 27.2 Å². The zero-order valence-corrected chi connectivity index (χ0v) is 17.6. The van der Waals surface area contributed by atoms with Gasteiger partial charge in [0.1, 0.15) is 0 Å². The topological polar surface area (TPSA) is 129 Å². The molecule has 3 N–H and O–H groups in total. The number of nitrogens with one attached hydrogen (secondary N) is 1. The van der Waals surface area contributed by atoms with Crippen LogP contribution >= 0.6 is 23.4 Å². The van der Waals surface area contributed by atoms with Gasteiger partial charge in [-0.3, -0.25) is 4.79 Å². The van der Waals surface area contributed by atoms with E-state index >= 15 is 0 Å². The van der Waals surface area contributed by atoms with Crippen LogP contribution in [-0.4, -0.2) is 26.9 Å². The fourth-order valence-electron chi connectivity index (χ4n) is 2.26. The third-order valence-electron chi connectivity index (χ3n) is 3.60. The first kappa shape index (κ1) is 21.9. The van der Waals surface area contributed by atoms with Gasteiger partial charge in [0.25, 0.3) is 15.9 Å². The first-order valence-electron chi connectivity index (χ1n) is 8.34. The fourth-order valence-corrected chi connectivity index (χ4v) is 3.75. The minimum absolute atomic E-state index is 0.384. The van der Waals surface area contributed by atoms with Gasteiger partial charge in [-0.25, -0.2) is 18.4 Å². The standard InChI is InChI=1S/C19H15ClN2O6S2/c20-12-5-7-13(8-6-12)29-16-4-2-1-3-14(16)22-17(23)11-27-19(24)15-9-10-18(28-15)30(21,25)26/h1-10H,11H2,(H,22,23)(H2,21,25,26). The van der Waals surface area contributed by atoms with Crippen molar-refractivity contribution in [3.05, 3.63) is 71.4 Å². The molecule has 0 atom stereocenters. The highest BCUT2D eigenvalue weighted by Crippen LogP contribution is 2.33. The zero-order chi connectivity index (χ0) is 21.7. The van der Waals surface area contributed by atoms with Gasteiger partial charge in [-0.1, -0.05) is 35.5 Å². The minimum atomic E-state index is -4.08. The number of hydrogen-bond acceptors (Lipinski definition) is 7. The Hall–Kier alpha value is -2.79. The first-order chi connectivity index (χ1) is 14.2. The van der Waals surface area contributed by atoms with E-state index in [1.54, 1.807) is 24.3 Å². The molecule has 0 radical (unpaired) electrons. The highest BCUT2D eigenvalue weighted by molar-refractivity contribution is 7.99. The number of sulfonamides is 1. The van der Waals surface area contributed by atoms with E-state index in [1.165, 1.54) is 11.8 Å². The molecule has 30 heavy (non-hydrogen) atoms. The summed E-state index contributed by atoms with van der Waals surface area (Å²) < 4.78 is 32.0. The van der Waals surface area contributed by atoms with Crippen molar-refractivity contribution in [2.45, 2.75) is 14.9 Å². The molecule has 3 rings (SSSR count). The predicted molar refractivity (Wildman–Crippen MR) is 111 cm³/mol. The molecular formula is C19H15ClN2O6S2. The van der Waals surface area contributed by atoms with Gasteiger partial charge in [-0.2, -0.15) is 0 Å². The maximum absolute atomic E-state index is 12.2. The van der Waals surface area contributed by atoms with Crippen LogP contribution in [0.5, 0.6) is 0 Å². The van der Waals surface area contributed by atoms with Gasteiger partial charge in [0, 0.05) is 14.8 Å². The first-order valence-corrected chi connectivity index (χ1v) is 11.1. The van der Waals surface area contributed by atoms with Crippen LogP contribution < -0.4 is 10.5 Å². The maximum Gasteiger partial charge on any atom is 0.374 e. The van der Waals surface area contributed by atoms with E-state index in [4.69, 9.17) is 25.9 Å². The number of nitrogens with two attached hydrogens (primary N) is 1. The van der Waals surface area contributed by atoms with Gasteiger partial charge in [0.15, 0.2) is 6.61 Å². The molecule has 1 amide bonds. The molecule has 0 saturated heterocycles. The number of rotatable bonds is 7. The van der Waals surface area contributed by atoms with Crippen LogP contribution in [0.2, 0.25) is 5.02 Å². The normalized spacial score (nSPS) is 11.1. The largest absolute Gasteiger partial charge is 0.450 e. The Morgan fingerprint density at radius 2 is 1.77 bits per heavy atom. The summed E-state index contributed by atoms with van der Waals surface area (Å²) in [5.41, 5.74) is 0.535. The number of esters is 1. The molecular weight excluding hydrogens is 452 g/mol. The Morgan fingerprint density at radius 3 is 2.43 bits per heavy atom. The Balaban J connectivity index is 1.60. The Bertz CT molecular complexity index is 1180. The zero-order valence-electron chi connectivity index (χ0n) is 15.2. The van der Waals surface area contributed by atoms with Crippen LogP contribution in [0.4, 0.5) is 5.69 Å². The molecule has 0 aliphatic heterocycles. The lowest BCUT2D eigenvalue weighted by Gasteiger charge is -2.11. The third kappa shape index (κ3) is 5.86. The molecule has 0 unspecified atom stereocenters. The Kier molecular flexibility index (Phi) is 6.83. The smallest absolute Gasteiger partial charge is 0.374 e. The SMILES string of the molecule is NS(=O)(=O)c1ccc(C(=O)OCC(=O)Nc2ccccc2Sc2ccc(Cl)cc2)o1. The van der Waals surface area contributed by atoms with Crippen molar-refractivity contribution in [3.8, 4) is 0 Å². The molecule has 156 valence electrons. The molecule has 1 heterocycles. The summed E-state index contributed by atoms with van der Waals surface area (Å²) in [6, 6.07) is 16.5. The maximum atomic E-state index is 12.2. The molecule has 8 nitrogen and oxygen atoms in total. The number of carbonyl (C=O) groups excluding carboxylic acids is 2. The molecule has 0 aliphatic rings. The predicted octanol–water partition coefficient (Wildman–Crippen LogP) is 3.53. The average Bonchev–Trinajstić information content (AvgIpc) is 3.20. The molecule has 2 aromatic carbocycles. The van der Waals surface area contributed by atoms with Crippen LogP contribution in [0.3, 0.4) is 0 Å². The van der Waals surface area contributed by atoms with Gasteiger partial charge in [-0.15, -0.1) is 0 Å². The van der Waals surface area contributed by atoms with E-state index in [1.807, 2.05) is 24.3 Å². The fraction of sp³-hybridized carbons (Fsp3) is 0.0526. The second-order valence-electron chi connectivity index (χ2n) is 5.84. The quantitative estimate of drug-likeness (QED) is 0.509. The van der Waals surface area contributed by atoms with Gasteiger partial charge in [0.2, 0.25) is 10.9 Å². The van der Waals surface area contributed by atoms with Gasteiger partial charge in [-0.05, 0) is 48.5 Å². The average molecular weight is 467 g/mol. The minimum Gasteiger partial charge on any atom is -0.450 e. The lowest BCUT2D eigenvalue weighted by atomic mass is 10.3. The molecule has 0 aliphatic carbocycles. The summed E-state index contributed by atoms with van der Waals surface area (Å²) in [4.78, 5) is 25.8. The molecule has 11 heteroatoms. The number of ether oxygens (including phenoxy) is 1. The number of halogens is 1. The summed E-state index contributed by atoms with van der Waals surface area (Å²) in [5.74, 6) is -1.96. The van der Waals surface area contributed by atoms with Crippen molar-refractivity contribution in [1.82, 2.24) is 0 Å². The number of anilines is 1. The Morgan fingerprint density at radius 1 is 1.07 bits per heavy atom. The van der Waals surface area contributed by atoms with Crippen molar-refractivity contribution >= 4 is 50.9 Å².